The molecule has 1 amide bonds. The van der Waals surface area contributed by atoms with Crippen molar-refractivity contribution in [1.29, 1.82) is 10.5 Å². The number of aromatic amines is 1. The van der Waals surface area contributed by atoms with Crippen LogP contribution in [-0.4, -0.2) is 25.9 Å². The summed E-state index contributed by atoms with van der Waals surface area (Å²) in [6.07, 6.45) is 0.850. The molecule has 0 aliphatic heterocycles. The highest BCUT2D eigenvalue weighted by molar-refractivity contribution is 8.00. The zero-order chi connectivity index (χ0) is 26.5. The number of aromatic nitrogens is 3. The van der Waals surface area contributed by atoms with Crippen molar-refractivity contribution in [2.45, 2.75) is 30.5 Å². The third-order valence-electron chi connectivity index (χ3n) is 5.72. The SMILES string of the molecule is CCc1ccc(-c2c(C#N)c(N)nc(SC(C)C(=O)Nc3cc(=O)n(-c4ccccc4)[nH]3)c2C#N)cc1. The predicted molar refractivity (Wildman–Crippen MR) is 143 cm³/mol. The molecule has 0 spiro atoms. The van der Waals surface area contributed by atoms with Crippen LogP contribution in [0.2, 0.25) is 0 Å². The Balaban J connectivity index is 1.62. The number of hydrogen-bond acceptors (Lipinski definition) is 7. The minimum absolute atomic E-state index is 0.0181. The van der Waals surface area contributed by atoms with Crippen LogP contribution in [0.3, 0.4) is 0 Å². The lowest BCUT2D eigenvalue weighted by Gasteiger charge is -2.16. The number of nitrogens with two attached hydrogens (primary N) is 1. The van der Waals surface area contributed by atoms with Crippen molar-refractivity contribution in [3.05, 3.63) is 87.7 Å². The number of nitrogen functional groups attached to an aromatic ring is 1. The number of benzene rings is 2. The second kappa shape index (κ2) is 10.9. The number of rotatable bonds is 7. The van der Waals surface area contributed by atoms with E-state index >= 15 is 0 Å². The van der Waals surface area contributed by atoms with Gasteiger partial charge in [-0.2, -0.15) is 10.5 Å². The van der Waals surface area contributed by atoms with Gasteiger partial charge in [0, 0.05) is 11.6 Å². The summed E-state index contributed by atoms with van der Waals surface area (Å²) in [7, 11) is 0. The number of carbonyl (C=O) groups excluding carboxylic acids is 1. The predicted octanol–water partition coefficient (Wildman–Crippen LogP) is 4.23. The van der Waals surface area contributed by atoms with E-state index in [1.54, 1.807) is 31.2 Å². The van der Waals surface area contributed by atoms with Crippen LogP contribution < -0.4 is 16.6 Å². The van der Waals surface area contributed by atoms with Crippen molar-refractivity contribution in [1.82, 2.24) is 14.8 Å². The number of carbonyl (C=O) groups is 1. The molecule has 0 aliphatic rings. The summed E-state index contributed by atoms with van der Waals surface area (Å²) >= 11 is 1.05. The molecule has 184 valence electrons. The van der Waals surface area contributed by atoms with Crippen molar-refractivity contribution >= 4 is 29.3 Å². The lowest BCUT2D eigenvalue weighted by Crippen LogP contribution is -2.23. The third-order valence-corrected chi connectivity index (χ3v) is 6.80. The lowest BCUT2D eigenvalue weighted by molar-refractivity contribution is -0.115. The molecule has 0 aliphatic carbocycles. The molecule has 4 N–H and O–H groups in total. The van der Waals surface area contributed by atoms with Crippen LogP contribution in [0, 0.1) is 22.7 Å². The number of H-pyrrole nitrogens is 1. The second-order valence-corrected chi connectivity index (χ2v) is 9.46. The van der Waals surface area contributed by atoms with Crippen LogP contribution in [0.5, 0.6) is 0 Å². The molecule has 2 aromatic heterocycles. The maximum atomic E-state index is 12.9. The van der Waals surface area contributed by atoms with Gasteiger partial charge in [0.05, 0.1) is 16.5 Å². The molecule has 0 bridgehead atoms. The first-order valence-electron chi connectivity index (χ1n) is 11.4. The van der Waals surface area contributed by atoms with E-state index in [1.807, 2.05) is 37.3 Å². The van der Waals surface area contributed by atoms with Crippen LogP contribution in [-0.2, 0) is 11.2 Å². The second-order valence-electron chi connectivity index (χ2n) is 8.13. The van der Waals surface area contributed by atoms with Gasteiger partial charge < -0.3 is 11.1 Å². The highest BCUT2D eigenvalue weighted by Crippen LogP contribution is 2.37. The average molecular weight is 510 g/mol. The fraction of sp³-hybridized carbons (Fsp3) is 0.148. The number of nitrogens with one attached hydrogen (secondary N) is 2. The molecule has 4 rings (SSSR count). The van der Waals surface area contributed by atoms with Crippen LogP contribution >= 0.6 is 11.8 Å². The zero-order valence-corrected chi connectivity index (χ0v) is 21.0. The number of amides is 1. The van der Waals surface area contributed by atoms with Gasteiger partial charge in [0.25, 0.3) is 5.56 Å². The minimum atomic E-state index is -0.703. The number of thioether (sulfide) groups is 1. The van der Waals surface area contributed by atoms with Crippen LogP contribution in [0.15, 0.2) is 70.5 Å². The summed E-state index contributed by atoms with van der Waals surface area (Å²) in [4.78, 5) is 29.6. The van der Waals surface area contributed by atoms with Gasteiger partial charge in [-0.1, -0.05) is 61.2 Å². The number of hydrogen-bond donors (Lipinski definition) is 3. The minimum Gasteiger partial charge on any atom is -0.383 e. The topological polar surface area (TPSA) is 153 Å². The maximum absolute atomic E-state index is 12.9. The number of pyridine rings is 1. The van der Waals surface area contributed by atoms with Crippen LogP contribution in [0.1, 0.15) is 30.5 Å². The molecule has 9 nitrogen and oxygen atoms in total. The molecular formula is C27H23N7O2S. The normalized spacial score (nSPS) is 11.4. The Kier molecular flexibility index (Phi) is 7.42. The van der Waals surface area contributed by atoms with E-state index < -0.39 is 11.2 Å². The molecule has 2 heterocycles. The first-order valence-corrected chi connectivity index (χ1v) is 12.3. The van der Waals surface area contributed by atoms with E-state index in [0.717, 1.165) is 23.7 Å². The summed E-state index contributed by atoms with van der Waals surface area (Å²) in [5.74, 6) is -0.194. The lowest BCUT2D eigenvalue weighted by atomic mass is 9.96. The highest BCUT2D eigenvalue weighted by atomic mass is 32.2. The molecule has 4 aromatic rings. The Morgan fingerprint density at radius 3 is 2.43 bits per heavy atom. The summed E-state index contributed by atoms with van der Waals surface area (Å²) in [5.41, 5.74) is 8.85. The van der Waals surface area contributed by atoms with E-state index in [-0.39, 0.29) is 33.3 Å². The molecule has 0 saturated heterocycles. The summed E-state index contributed by atoms with van der Waals surface area (Å²) < 4.78 is 1.32. The number of anilines is 2. The Labute approximate surface area is 217 Å². The van der Waals surface area contributed by atoms with Crippen molar-refractivity contribution in [2.75, 3.05) is 11.1 Å². The van der Waals surface area contributed by atoms with Crippen LogP contribution in [0.4, 0.5) is 11.6 Å². The van der Waals surface area contributed by atoms with Crippen molar-refractivity contribution in [3.63, 3.8) is 0 Å². The van der Waals surface area contributed by atoms with E-state index in [1.165, 1.54) is 10.7 Å². The van der Waals surface area contributed by atoms with Gasteiger partial charge in [-0.15, -0.1) is 0 Å². The smallest absolute Gasteiger partial charge is 0.273 e. The molecule has 2 aromatic carbocycles. The summed E-state index contributed by atoms with van der Waals surface area (Å²) in [6, 6.07) is 22.0. The highest BCUT2D eigenvalue weighted by Gasteiger charge is 2.24. The number of para-hydroxylation sites is 1. The Morgan fingerprint density at radius 1 is 1.14 bits per heavy atom. The van der Waals surface area contributed by atoms with E-state index in [4.69, 9.17) is 5.73 Å². The van der Waals surface area contributed by atoms with Gasteiger partial charge in [0.2, 0.25) is 5.91 Å². The molecule has 0 radical (unpaired) electrons. The molecule has 1 atom stereocenters. The van der Waals surface area contributed by atoms with Gasteiger partial charge in [-0.05, 0) is 36.6 Å². The largest absolute Gasteiger partial charge is 0.383 e. The van der Waals surface area contributed by atoms with Crippen molar-refractivity contribution < 1.29 is 4.79 Å². The monoisotopic (exact) mass is 509 g/mol. The van der Waals surface area contributed by atoms with Gasteiger partial charge in [-0.3, -0.25) is 14.7 Å². The fourth-order valence-corrected chi connectivity index (χ4v) is 4.68. The first-order chi connectivity index (χ1) is 17.9. The standard InChI is InChI=1S/C27H23N7O2S/c1-3-17-9-11-18(12-10-17)24-20(14-28)25(30)32-27(21(24)15-29)37-16(2)26(36)31-22-13-23(35)34(33-22)19-7-5-4-6-8-19/h4-13,16,33H,3H2,1-2H3,(H2,30,32)(H,31,36). The number of nitrogens with zero attached hydrogens (tertiary/aromatic N) is 4. The molecule has 1 unspecified atom stereocenters. The van der Waals surface area contributed by atoms with Gasteiger partial charge in [0.1, 0.15) is 34.4 Å². The van der Waals surface area contributed by atoms with Gasteiger partial charge in [0.15, 0.2) is 0 Å². The third kappa shape index (κ3) is 5.25. The Hall–Kier alpha value is -4.80. The molecule has 10 heteroatoms. The number of nitriles is 2. The summed E-state index contributed by atoms with van der Waals surface area (Å²) in [5, 5.41) is 24.8. The average Bonchev–Trinajstić information content (AvgIpc) is 3.28. The Bertz CT molecular complexity index is 1590. The summed E-state index contributed by atoms with van der Waals surface area (Å²) in [6.45, 7) is 3.69. The Morgan fingerprint density at radius 2 is 1.81 bits per heavy atom. The zero-order valence-electron chi connectivity index (χ0n) is 20.1. The molecule has 0 fully saturated rings. The van der Waals surface area contributed by atoms with Crippen molar-refractivity contribution in [3.8, 4) is 29.0 Å². The molecule has 37 heavy (non-hydrogen) atoms. The maximum Gasteiger partial charge on any atom is 0.273 e. The number of aryl methyl sites for hydroxylation is 1. The van der Waals surface area contributed by atoms with Crippen molar-refractivity contribution in [2.24, 2.45) is 0 Å². The van der Waals surface area contributed by atoms with E-state index in [0.29, 0.717) is 16.8 Å². The van der Waals surface area contributed by atoms with E-state index in [9.17, 15) is 20.1 Å². The molecule has 0 saturated carbocycles. The van der Waals surface area contributed by atoms with Gasteiger partial charge >= 0.3 is 0 Å². The quantitative estimate of drug-likeness (QED) is 0.315. The molecular weight excluding hydrogens is 486 g/mol. The van der Waals surface area contributed by atoms with Crippen LogP contribution in [0.25, 0.3) is 16.8 Å². The fourth-order valence-electron chi connectivity index (χ4n) is 3.76. The van der Waals surface area contributed by atoms with Gasteiger partial charge in [-0.25, -0.2) is 9.67 Å². The first kappa shape index (κ1) is 25.3. The van der Waals surface area contributed by atoms with E-state index in [2.05, 4.69) is 27.5 Å².